The molecule has 0 atom stereocenters. The van der Waals surface area contributed by atoms with Crippen LogP contribution >= 0.6 is 0 Å². The summed E-state index contributed by atoms with van der Waals surface area (Å²) in [6, 6.07) is 25.2. The molecule has 0 heterocycles. The van der Waals surface area contributed by atoms with Crippen molar-refractivity contribution in [1.29, 1.82) is 0 Å². The quantitative estimate of drug-likeness (QED) is 0.524. The summed E-state index contributed by atoms with van der Waals surface area (Å²) in [5.41, 5.74) is 7.06. The summed E-state index contributed by atoms with van der Waals surface area (Å²) in [4.78, 5) is 0. The second-order valence-electron chi connectivity index (χ2n) is 5.13. The Morgan fingerprint density at radius 2 is 1.17 bits per heavy atom. The third-order valence-electron chi connectivity index (χ3n) is 3.85. The van der Waals surface area contributed by atoms with E-state index in [0.717, 1.165) is 11.1 Å². The van der Waals surface area contributed by atoms with Crippen LogP contribution in [0.2, 0.25) is 0 Å². The number of hydrogen-bond donors (Lipinski definition) is 0. The van der Waals surface area contributed by atoms with E-state index in [-0.39, 0.29) is 11.0 Å². The van der Waals surface area contributed by atoms with Crippen LogP contribution in [-0.4, -0.2) is 11.0 Å². The van der Waals surface area contributed by atoms with Crippen molar-refractivity contribution in [3.05, 3.63) is 97.1 Å². The van der Waals surface area contributed by atoms with Crippen LogP contribution in [0.3, 0.4) is 0 Å². The zero-order valence-corrected chi connectivity index (χ0v) is 14.0. The average Bonchev–Trinajstić information content (AvgIpc) is 2.61. The van der Waals surface area contributed by atoms with E-state index in [1.165, 1.54) is 22.3 Å². The van der Waals surface area contributed by atoms with Gasteiger partial charge in [-0.2, -0.15) is 0 Å². The largest absolute Gasteiger partial charge is 0.0984 e. The lowest BCUT2D eigenvalue weighted by Crippen LogP contribution is -1.92. The molecule has 23 heavy (non-hydrogen) atoms. The Hall–Kier alpha value is -2.64. The van der Waals surface area contributed by atoms with Crippen molar-refractivity contribution in [3.63, 3.8) is 0 Å². The van der Waals surface area contributed by atoms with Gasteiger partial charge in [-0.1, -0.05) is 98.1 Å². The van der Waals surface area contributed by atoms with Crippen LogP contribution < -0.4 is 0 Å². The van der Waals surface area contributed by atoms with Gasteiger partial charge in [0.2, 0.25) is 0 Å². The lowest BCUT2D eigenvalue weighted by molar-refractivity contribution is 1.54. The molecule has 0 aliphatic heterocycles. The molecule has 0 amide bonds. The molecule has 3 aromatic carbocycles. The monoisotopic (exact) mass is 310 g/mol. The van der Waals surface area contributed by atoms with Crippen molar-refractivity contribution in [2.75, 3.05) is 0 Å². The third kappa shape index (κ3) is 3.25. The molecular weight excluding hydrogens is 292 g/mol. The molecule has 0 aliphatic rings. The van der Waals surface area contributed by atoms with E-state index in [1.807, 2.05) is 24.3 Å². The lowest BCUT2D eigenvalue weighted by atomic mass is 9.88. The van der Waals surface area contributed by atoms with E-state index >= 15 is 0 Å². The highest BCUT2D eigenvalue weighted by Gasteiger charge is 2.13. The van der Waals surface area contributed by atoms with Gasteiger partial charge in [-0.3, -0.25) is 0 Å². The first-order valence-electron chi connectivity index (χ1n) is 7.38. The molecule has 3 aromatic rings. The fraction of sp³-hybridized carbons (Fsp3) is 0. The van der Waals surface area contributed by atoms with Gasteiger partial charge in [-0.15, -0.1) is 0 Å². The predicted molar refractivity (Wildman–Crippen MR) is 103 cm³/mol. The van der Waals surface area contributed by atoms with Crippen LogP contribution in [0.25, 0.3) is 34.4 Å². The van der Waals surface area contributed by atoms with E-state index in [0.29, 0.717) is 0 Å². The smallest absolute Gasteiger partial charge is 0 e. The van der Waals surface area contributed by atoms with Gasteiger partial charge in [0.25, 0.3) is 0 Å². The van der Waals surface area contributed by atoms with Crippen molar-refractivity contribution < 1.29 is 0 Å². The molecule has 0 aliphatic carbocycles. The zero-order valence-electron chi connectivity index (χ0n) is 13.0. The van der Waals surface area contributed by atoms with E-state index in [4.69, 9.17) is 0 Å². The van der Waals surface area contributed by atoms with Gasteiger partial charge in [0, 0.05) is 11.0 Å². The first kappa shape index (κ1) is 16.7. The Balaban J connectivity index is 0.00000192. The molecular formula is C22H18Si. The van der Waals surface area contributed by atoms with Gasteiger partial charge in [0.1, 0.15) is 0 Å². The molecule has 0 nitrogen and oxygen atoms in total. The fourth-order valence-electron chi connectivity index (χ4n) is 2.81. The SMILES string of the molecule is C=Cc1ccc(-c2ccccc2)c(-c2ccccc2)c1C=C.[Si]. The molecule has 3 rings (SSSR count). The second-order valence-corrected chi connectivity index (χ2v) is 5.13. The van der Waals surface area contributed by atoms with Crippen molar-refractivity contribution in [3.8, 4) is 22.3 Å². The molecule has 0 aromatic heterocycles. The normalized spacial score (nSPS) is 9.74. The minimum atomic E-state index is 0. The lowest BCUT2D eigenvalue weighted by Gasteiger charge is -2.16. The zero-order chi connectivity index (χ0) is 15.4. The van der Waals surface area contributed by atoms with Gasteiger partial charge in [-0.05, 0) is 33.4 Å². The summed E-state index contributed by atoms with van der Waals surface area (Å²) in [6.45, 7) is 7.94. The highest BCUT2D eigenvalue weighted by molar-refractivity contribution is 5.92. The van der Waals surface area contributed by atoms with Crippen LogP contribution in [-0.2, 0) is 0 Å². The molecule has 110 valence electrons. The maximum Gasteiger partial charge on any atom is 0 e. The molecule has 0 bridgehead atoms. The molecule has 0 saturated carbocycles. The minimum absolute atomic E-state index is 0. The second kappa shape index (κ2) is 7.57. The van der Waals surface area contributed by atoms with Crippen LogP contribution in [0.5, 0.6) is 0 Å². The number of benzene rings is 3. The Morgan fingerprint density at radius 3 is 1.70 bits per heavy atom. The predicted octanol–water partition coefficient (Wildman–Crippen LogP) is 5.93. The van der Waals surface area contributed by atoms with Crippen LogP contribution in [0.1, 0.15) is 11.1 Å². The average molecular weight is 310 g/mol. The van der Waals surface area contributed by atoms with E-state index in [1.54, 1.807) is 0 Å². The fourth-order valence-corrected chi connectivity index (χ4v) is 2.81. The molecule has 4 radical (unpaired) electrons. The summed E-state index contributed by atoms with van der Waals surface area (Å²) in [5.74, 6) is 0. The summed E-state index contributed by atoms with van der Waals surface area (Å²) >= 11 is 0. The van der Waals surface area contributed by atoms with Crippen molar-refractivity contribution in [1.82, 2.24) is 0 Å². The first-order valence-corrected chi connectivity index (χ1v) is 7.38. The summed E-state index contributed by atoms with van der Waals surface area (Å²) in [7, 11) is 0. The van der Waals surface area contributed by atoms with Gasteiger partial charge >= 0.3 is 0 Å². The number of hydrogen-bond acceptors (Lipinski definition) is 0. The standard InChI is InChI=1S/C22H18.Si/c1-3-17-15-16-21(18-11-7-5-8-12-18)22(20(17)4-2)19-13-9-6-10-14-19;/h3-16H,1-2H2;. The van der Waals surface area contributed by atoms with E-state index in [9.17, 15) is 0 Å². The van der Waals surface area contributed by atoms with Crippen LogP contribution in [0.15, 0.2) is 86.0 Å². The van der Waals surface area contributed by atoms with Crippen molar-refractivity contribution in [2.24, 2.45) is 0 Å². The summed E-state index contributed by atoms with van der Waals surface area (Å²) in [5, 5.41) is 0. The van der Waals surface area contributed by atoms with Gasteiger partial charge in [0.05, 0.1) is 0 Å². The van der Waals surface area contributed by atoms with E-state index in [2.05, 4.69) is 73.8 Å². The number of rotatable bonds is 4. The van der Waals surface area contributed by atoms with Gasteiger partial charge < -0.3 is 0 Å². The highest BCUT2D eigenvalue weighted by atomic mass is 28.1. The summed E-state index contributed by atoms with van der Waals surface area (Å²) in [6.07, 6.45) is 3.81. The molecule has 0 fully saturated rings. The third-order valence-corrected chi connectivity index (χ3v) is 3.85. The Bertz CT molecular complexity index is 802. The Labute approximate surface area is 142 Å². The maximum atomic E-state index is 4.01. The first-order chi connectivity index (χ1) is 10.8. The van der Waals surface area contributed by atoms with Crippen LogP contribution in [0, 0.1) is 0 Å². The maximum absolute atomic E-state index is 4.01. The minimum Gasteiger partial charge on any atom is -0.0984 e. The molecule has 1 heteroatoms. The Morgan fingerprint density at radius 1 is 0.609 bits per heavy atom. The summed E-state index contributed by atoms with van der Waals surface area (Å²) < 4.78 is 0. The molecule has 0 spiro atoms. The van der Waals surface area contributed by atoms with Gasteiger partial charge in [-0.25, -0.2) is 0 Å². The Kier molecular flexibility index (Phi) is 5.50. The highest BCUT2D eigenvalue weighted by Crippen LogP contribution is 2.37. The molecule has 0 saturated heterocycles. The van der Waals surface area contributed by atoms with Crippen molar-refractivity contribution in [2.45, 2.75) is 0 Å². The van der Waals surface area contributed by atoms with Crippen molar-refractivity contribution >= 4 is 23.1 Å². The van der Waals surface area contributed by atoms with E-state index < -0.39 is 0 Å². The topological polar surface area (TPSA) is 0 Å². The molecule has 0 N–H and O–H groups in total. The molecule has 0 unspecified atom stereocenters. The van der Waals surface area contributed by atoms with Crippen LogP contribution in [0.4, 0.5) is 0 Å². The van der Waals surface area contributed by atoms with Gasteiger partial charge in [0.15, 0.2) is 0 Å².